The fourth-order valence-electron chi connectivity index (χ4n) is 2.21. The largest absolute Gasteiger partial charge is 0.418 e. The number of para-hydroxylation sites is 1. The lowest BCUT2D eigenvalue weighted by Gasteiger charge is -2.17. The SMILES string of the molecule is CN(C)S(=O)(=O)c1cccc(NC(=S)NNC(=S)Nc2ccccc2C(F)(F)F)c1. The third kappa shape index (κ3) is 6.26. The van der Waals surface area contributed by atoms with Crippen LogP contribution in [0.5, 0.6) is 0 Å². The van der Waals surface area contributed by atoms with Gasteiger partial charge in [0.2, 0.25) is 10.0 Å². The number of nitrogens with zero attached hydrogens (tertiary/aromatic N) is 1. The normalized spacial score (nSPS) is 11.7. The highest BCUT2D eigenvalue weighted by Crippen LogP contribution is 2.34. The number of nitrogens with one attached hydrogen (secondary N) is 4. The zero-order valence-corrected chi connectivity index (χ0v) is 18.2. The maximum Gasteiger partial charge on any atom is 0.418 e. The van der Waals surface area contributed by atoms with Crippen molar-refractivity contribution in [2.24, 2.45) is 0 Å². The number of anilines is 2. The van der Waals surface area contributed by atoms with Crippen LogP contribution in [0.25, 0.3) is 0 Å². The number of sulfonamides is 1. The van der Waals surface area contributed by atoms with E-state index < -0.39 is 21.8 Å². The van der Waals surface area contributed by atoms with Crippen LogP contribution in [-0.4, -0.2) is 37.0 Å². The molecule has 2 rings (SSSR count). The molecular formula is C17H18F3N5O2S3. The van der Waals surface area contributed by atoms with Gasteiger partial charge in [0.05, 0.1) is 16.1 Å². The highest BCUT2D eigenvalue weighted by Gasteiger charge is 2.33. The summed E-state index contributed by atoms with van der Waals surface area (Å²) in [6.07, 6.45) is -4.54. The molecule has 0 atom stereocenters. The highest BCUT2D eigenvalue weighted by molar-refractivity contribution is 7.89. The summed E-state index contributed by atoms with van der Waals surface area (Å²) in [5, 5.41) is 5.06. The third-order valence-electron chi connectivity index (χ3n) is 3.64. The molecule has 162 valence electrons. The molecule has 0 unspecified atom stereocenters. The summed E-state index contributed by atoms with van der Waals surface area (Å²) in [5.74, 6) is 0. The van der Waals surface area contributed by atoms with E-state index >= 15 is 0 Å². The predicted octanol–water partition coefficient (Wildman–Crippen LogP) is 3.14. The van der Waals surface area contributed by atoms with Crippen LogP contribution in [0.15, 0.2) is 53.4 Å². The molecule has 0 saturated carbocycles. The molecule has 0 aliphatic heterocycles. The van der Waals surface area contributed by atoms with Crippen LogP contribution < -0.4 is 21.5 Å². The number of alkyl halides is 3. The molecule has 0 amide bonds. The summed E-state index contributed by atoms with van der Waals surface area (Å²) in [5.41, 5.74) is 4.28. The van der Waals surface area contributed by atoms with Crippen molar-refractivity contribution in [3.8, 4) is 0 Å². The van der Waals surface area contributed by atoms with Crippen molar-refractivity contribution in [1.82, 2.24) is 15.2 Å². The van der Waals surface area contributed by atoms with E-state index in [4.69, 9.17) is 24.4 Å². The summed E-state index contributed by atoms with van der Waals surface area (Å²) in [4.78, 5) is 0.0641. The molecule has 0 aromatic heterocycles. The second-order valence-corrected chi connectivity index (χ2v) is 8.99. The van der Waals surface area contributed by atoms with Crippen LogP contribution in [-0.2, 0) is 16.2 Å². The minimum atomic E-state index is -4.54. The molecule has 2 aromatic carbocycles. The molecule has 0 fully saturated rings. The van der Waals surface area contributed by atoms with Crippen molar-refractivity contribution < 1.29 is 21.6 Å². The first-order chi connectivity index (χ1) is 13.9. The Balaban J connectivity index is 1.97. The first-order valence-corrected chi connectivity index (χ1v) is 10.5. The lowest BCUT2D eigenvalue weighted by molar-refractivity contribution is -0.136. The van der Waals surface area contributed by atoms with Crippen molar-refractivity contribution in [2.75, 3.05) is 24.7 Å². The van der Waals surface area contributed by atoms with Crippen LogP contribution in [0.3, 0.4) is 0 Å². The monoisotopic (exact) mass is 477 g/mol. The summed E-state index contributed by atoms with van der Waals surface area (Å²) in [7, 11) is -0.794. The van der Waals surface area contributed by atoms with Crippen LogP contribution in [0.4, 0.5) is 24.5 Å². The molecule has 0 spiro atoms. The van der Waals surface area contributed by atoms with E-state index in [-0.39, 0.29) is 20.8 Å². The Hall–Kier alpha value is -2.48. The molecule has 30 heavy (non-hydrogen) atoms. The smallest absolute Gasteiger partial charge is 0.331 e. The van der Waals surface area contributed by atoms with Gasteiger partial charge in [-0.2, -0.15) is 13.2 Å². The standard InChI is InChI=1S/C17H18F3N5O2S3/c1-25(2)30(26,27)12-7-5-6-11(10-12)21-15(28)23-24-16(29)22-14-9-4-3-8-13(14)17(18,19)20/h3-10H,1-2H3,(H2,21,23,28)(H2,22,24,29). The van der Waals surface area contributed by atoms with Gasteiger partial charge in [0.1, 0.15) is 0 Å². The molecule has 0 radical (unpaired) electrons. The number of hydrogen-bond donors (Lipinski definition) is 4. The van der Waals surface area contributed by atoms with Gasteiger partial charge in [0.15, 0.2) is 10.2 Å². The Morgan fingerprint density at radius 2 is 1.53 bits per heavy atom. The maximum atomic E-state index is 13.0. The van der Waals surface area contributed by atoms with Crippen molar-refractivity contribution in [3.63, 3.8) is 0 Å². The number of rotatable bonds is 4. The summed E-state index contributed by atoms with van der Waals surface area (Å²) in [6.45, 7) is 0. The summed E-state index contributed by atoms with van der Waals surface area (Å²) < 4.78 is 64.5. The van der Waals surface area contributed by atoms with E-state index in [1.807, 2.05) is 0 Å². The molecule has 7 nitrogen and oxygen atoms in total. The lowest BCUT2D eigenvalue weighted by Crippen LogP contribution is -2.45. The Kier molecular flexibility index (Phi) is 7.58. The first-order valence-electron chi connectivity index (χ1n) is 8.24. The molecule has 13 heteroatoms. The minimum absolute atomic E-state index is 0.0163. The molecule has 0 heterocycles. The highest BCUT2D eigenvalue weighted by atomic mass is 32.2. The van der Waals surface area contributed by atoms with Crippen LogP contribution >= 0.6 is 24.4 Å². The Morgan fingerprint density at radius 1 is 0.933 bits per heavy atom. The Morgan fingerprint density at radius 3 is 2.13 bits per heavy atom. The quantitative estimate of drug-likeness (QED) is 0.395. The predicted molar refractivity (Wildman–Crippen MR) is 117 cm³/mol. The van der Waals surface area contributed by atoms with Gasteiger partial charge in [-0.1, -0.05) is 18.2 Å². The van der Waals surface area contributed by atoms with E-state index in [9.17, 15) is 21.6 Å². The molecule has 0 aliphatic rings. The van der Waals surface area contributed by atoms with Gasteiger partial charge >= 0.3 is 6.18 Å². The average Bonchev–Trinajstić information content (AvgIpc) is 2.66. The van der Waals surface area contributed by atoms with Crippen molar-refractivity contribution in [2.45, 2.75) is 11.1 Å². The van der Waals surface area contributed by atoms with Crippen LogP contribution in [0, 0.1) is 0 Å². The van der Waals surface area contributed by atoms with Crippen molar-refractivity contribution in [1.29, 1.82) is 0 Å². The average molecular weight is 478 g/mol. The Labute approximate surface area is 182 Å². The second-order valence-electron chi connectivity index (χ2n) is 6.02. The topological polar surface area (TPSA) is 85.5 Å². The fraction of sp³-hybridized carbons (Fsp3) is 0.176. The maximum absolute atomic E-state index is 13.0. The minimum Gasteiger partial charge on any atom is -0.331 e. The van der Waals surface area contributed by atoms with Gasteiger partial charge in [-0.15, -0.1) is 0 Å². The van der Waals surface area contributed by atoms with E-state index in [1.54, 1.807) is 6.07 Å². The third-order valence-corrected chi connectivity index (χ3v) is 5.86. The van der Waals surface area contributed by atoms with E-state index in [2.05, 4.69) is 21.5 Å². The van der Waals surface area contributed by atoms with Gasteiger partial charge in [0, 0.05) is 19.8 Å². The molecule has 0 saturated heterocycles. The number of thiocarbonyl (C=S) groups is 2. The summed E-state index contributed by atoms with van der Waals surface area (Å²) >= 11 is 10.1. The van der Waals surface area contributed by atoms with E-state index in [0.717, 1.165) is 10.4 Å². The zero-order valence-electron chi connectivity index (χ0n) is 15.7. The molecule has 2 aromatic rings. The molecule has 0 aliphatic carbocycles. The van der Waals surface area contributed by atoms with Crippen LogP contribution in [0.1, 0.15) is 5.56 Å². The van der Waals surface area contributed by atoms with Crippen LogP contribution in [0.2, 0.25) is 0 Å². The second kappa shape index (κ2) is 9.55. The molecule has 4 N–H and O–H groups in total. The summed E-state index contributed by atoms with van der Waals surface area (Å²) in [6, 6.07) is 10.8. The number of halogens is 3. The van der Waals surface area contributed by atoms with Gasteiger partial charge in [-0.25, -0.2) is 12.7 Å². The molecule has 0 bridgehead atoms. The van der Waals surface area contributed by atoms with Gasteiger partial charge < -0.3 is 10.6 Å². The van der Waals surface area contributed by atoms with Gasteiger partial charge in [-0.05, 0) is 54.8 Å². The van der Waals surface area contributed by atoms with Gasteiger partial charge in [0.25, 0.3) is 0 Å². The zero-order chi connectivity index (χ0) is 22.5. The molecular weight excluding hydrogens is 459 g/mol. The van der Waals surface area contributed by atoms with Gasteiger partial charge in [-0.3, -0.25) is 10.9 Å². The Bertz CT molecular complexity index is 1040. The first kappa shape index (κ1) is 23.8. The van der Waals surface area contributed by atoms with E-state index in [1.165, 1.54) is 50.5 Å². The van der Waals surface area contributed by atoms with E-state index in [0.29, 0.717) is 5.69 Å². The van der Waals surface area contributed by atoms with Crippen molar-refractivity contribution >= 4 is 56.1 Å². The number of benzene rings is 2. The fourth-order valence-corrected chi connectivity index (χ4v) is 3.49. The van der Waals surface area contributed by atoms with Crippen molar-refractivity contribution in [3.05, 3.63) is 54.1 Å². The number of hydrogen-bond acceptors (Lipinski definition) is 4. The lowest BCUT2D eigenvalue weighted by atomic mass is 10.2. The number of hydrazine groups is 1.